The van der Waals surface area contributed by atoms with Crippen LogP contribution in [0, 0.1) is 6.04 Å². The fourth-order valence-corrected chi connectivity index (χ4v) is 0. The van der Waals surface area contributed by atoms with Crippen molar-refractivity contribution in [1.29, 1.82) is 0 Å². The Hall–Kier alpha value is 0.217. The third kappa shape index (κ3) is 2.22. The third-order valence-corrected chi connectivity index (χ3v) is 1.22. The van der Waals surface area contributed by atoms with E-state index in [0.717, 1.165) is 0 Å². The Morgan fingerprint density at radius 2 is 2.00 bits per heavy atom. The van der Waals surface area contributed by atoms with Crippen LogP contribution in [-0.4, -0.2) is 9.52 Å². The van der Waals surface area contributed by atoms with Crippen molar-refractivity contribution in [2.45, 2.75) is 13.5 Å². The van der Waals surface area contributed by atoms with E-state index in [2.05, 4.69) is 19.5 Å². The average molecular weight is 73.2 g/mol. The summed E-state index contributed by atoms with van der Waals surface area (Å²) in [6.45, 7) is 4.38. The Balaban J connectivity index is 1.97. The molecule has 0 atom stereocenters. The van der Waals surface area contributed by atoms with E-state index in [9.17, 15) is 0 Å². The predicted molar refractivity (Wildman–Crippen MR) is 24.4 cm³/mol. The monoisotopic (exact) mass is 73.0 g/mol. The van der Waals surface area contributed by atoms with Gasteiger partial charge in [-0.05, 0) is 0 Å². The van der Waals surface area contributed by atoms with E-state index in [1.54, 1.807) is 0 Å². The lowest BCUT2D eigenvalue weighted by Gasteiger charge is -1.65. The highest BCUT2D eigenvalue weighted by atomic mass is 28.2. The molecule has 0 saturated heterocycles. The molecule has 0 N–H and O–H groups in total. The highest BCUT2D eigenvalue weighted by molar-refractivity contribution is 6.37. The van der Waals surface area contributed by atoms with Gasteiger partial charge in [-0.2, -0.15) is 0 Å². The molecule has 25 valence electrons. The molecule has 0 bridgehead atoms. The number of hydrogen-bond donors (Lipinski definition) is 0. The van der Waals surface area contributed by atoms with Crippen molar-refractivity contribution >= 4 is 9.52 Å². The first-order valence-electron chi connectivity index (χ1n) is 1.69. The first-order valence-corrected chi connectivity index (χ1v) is 3.92. The third-order valence-electron chi connectivity index (χ3n) is 0.408. The van der Waals surface area contributed by atoms with Gasteiger partial charge in [-0.25, -0.2) is 0 Å². The fraction of sp³-hybridized carbons (Fsp3) is 0.667. The van der Waals surface area contributed by atoms with E-state index in [-0.39, 0.29) is 0 Å². The summed E-state index contributed by atoms with van der Waals surface area (Å²) < 4.78 is 0. The predicted octanol–water partition coefficient (Wildman–Crippen LogP) is 0.385. The topological polar surface area (TPSA) is 0 Å². The molecule has 0 spiro atoms. The summed E-state index contributed by atoms with van der Waals surface area (Å²) in [5.74, 6) is 0. The first kappa shape index (κ1) is 4.22. The van der Waals surface area contributed by atoms with E-state index in [0.29, 0.717) is 9.52 Å². The quantitative estimate of drug-likeness (QED) is 0.394. The summed E-state index contributed by atoms with van der Waals surface area (Å²) in [5.41, 5.74) is 0. The minimum atomic E-state index is 0.299. The smallest absolute Gasteiger partial charge is 0.0197 e. The van der Waals surface area contributed by atoms with Gasteiger partial charge in [-0.3, -0.25) is 0 Å². The van der Waals surface area contributed by atoms with Crippen LogP contribution in [-0.2, 0) is 0 Å². The van der Waals surface area contributed by atoms with Crippen molar-refractivity contribution in [2.75, 3.05) is 0 Å². The maximum absolute atomic E-state index is 2.26. The molecule has 0 heterocycles. The van der Waals surface area contributed by atoms with Gasteiger partial charge >= 0.3 is 0 Å². The Morgan fingerprint density at radius 3 is 2.00 bits per heavy atom. The highest BCUT2D eigenvalue weighted by Crippen LogP contribution is 1.59. The molecule has 0 aromatic rings. The van der Waals surface area contributed by atoms with E-state index < -0.39 is 0 Å². The molecule has 4 heavy (non-hydrogen) atoms. The Kier molecular flexibility index (Phi) is 3.39. The zero-order valence-electron chi connectivity index (χ0n) is 3.28. The zero-order valence-corrected chi connectivity index (χ0v) is 4.70. The van der Waals surface area contributed by atoms with Gasteiger partial charge in [0, 0.05) is 9.52 Å². The molecule has 0 unspecified atom stereocenters. The summed E-state index contributed by atoms with van der Waals surface area (Å²) in [6, 6.07) is 2.26. The first-order chi connectivity index (χ1) is 1.91. The zero-order chi connectivity index (χ0) is 3.41. The van der Waals surface area contributed by atoms with Crippen LogP contribution in [0.3, 0.4) is 0 Å². The van der Waals surface area contributed by atoms with E-state index in [1.165, 1.54) is 0 Å². The molecule has 0 fully saturated rings. The lowest BCUT2D eigenvalue weighted by Crippen LogP contribution is -1.70. The fourth-order valence-electron chi connectivity index (χ4n) is 0. The molecule has 0 aliphatic heterocycles. The van der Waals surface area contributed by atoms with Crippen LogP contribution >= 0.6 is 0 Å². The summed E-state index contributed by atoms with van der Waals surface area (Å²) in [6.07, 6.45) is 0. The van der Waals surface area contributed by atoms with Crippen LogP contribution in [0.5, 0.6) is 0 Å². The second-order valence-corrected chi connectivity index (χ2v) is 2.45. The van der Waals surface area contributed by atoms with Crippen molar-refractivity contribution in [2.24, 2.45) is 0 Å². The van der Waals surface area contributed by atoms with Crippen LogP contribution in [0.2, 0.25) is 6.55 Å². The molecule has 0 aliphatic rings. The van der Waals surface area contributed by atoms with Crippen LogP contribution in [0.25, 0.3) is 0 Å². The van der Waals surface area contributed by atoms with Gasteiger partial charge in [0.2, 0.25) is 0 Å². The second kappa shape index (κ2) is 3.22. The molecule has 0 aliphatic carbocycles. The van der Waals surface area contributed by atoms with E-state index in [1.807, 2.05) is 0 Å². The SMILES string of the molecule is C[CH][SiH2]C. The van der Waals surface area contributed by atoms with Crippen molar-refractivity contribution in [3.8, 4) is 0 Å². The molecule has 0 saturated carbocycles. The molecule has 0 aromatic carbocycles. The van der Waals surface area contributed by atoms with Crippen LogP contribution < -0.4 is 0 Å². The lowest BCUT2D eigenvalue weighted by atomic mass is 11.0. The molecule has 0 aromatic heterocycles. The van der Waals surface area contributed by atoms with Crippen LogP contribution in [0.1, 0.15) is 6.92 Å². The van der Waals surface area contributed by atoms with Crippen molar-refractivity contribution in [1.82, 2.24) is 0 Å². The van der Waals surface area contributed by atoms with Crippen molar-refractivity contribution < 1.29 is 0 Å². The normalized spacial score (nSPS) is 10.5. The summed E-state index contributed by atoms with van der Waals surface area (Å²) in [5, 5.41) is 0. The molecule has 0 amide bonds. The Labute approximate surface area is 30.0 Å². The lowest BCUT2D eigenvalue weighted by molar-refractivity contribution is 1.69. The maximum Gasteiger partial charge on any atom is 0.0197 e. The highest BCUT2D eigenvalue weighted by Gasteiger charge is 1.59. The van der Waals surface area contributed by atoms with Gasteiger partial charge in [0.05, 0.1) is 0 Å². The Bertz CT molecular complexity index is 5.25. The summed E-state index contributed by atoms with van der Waals surface area (Å²) in [7, 11) is 0.299. The second-order valence-electron chi connectivity index (χ2n) is 0.816. The standard InChI is InChI=1S/C3H9Si/c1-3-4-2/h3H,4H2,1-2H3. The van der Waals surface area contributed by atoms with Gasteiger partial charge in [-0.15, -0.1) is 0 Å². The number of rotatable bonds is 1. The molecule has 0 rings (SSSR count). The van der Waals surface area contributed by atoms with Crippen molar-refractivity contribution in [3.05, 3.63) is 6.04 Å². The summed E-state index contributed by atoms with van der Waals surface area (Å²) >= 11 is 0. The van der Waals surface area contributed by atoms with E-state index in [4.69, 9.17) is 0 Å². The van der Waals surface area contributed by atoms with Gasteiger partial charge < -0.3 is 0 Å². The van der Waals surface area contributed by atoms with E-state index >= 15 is 0 Å². The van der Waals surface area contributed by atoms with Gasteiger partial charge in [0.25, 0.3) is 0 Å². The maximum atomic E-state index is 2.26. The van der Waals surface area contributed by atoms with Crippen LogP contribution in [0.15, 0.2) is 0 Å². The van der Waals surface area contributed by atoms with Crippen LogP contribution in [0.4, 0.5) is 0 Å². The van der Waals surface area contributed by atoms with Crippen molar-refractivity contribution in [3.63, 3.8) is 0 Å². The molecular formula is C3H9Si. The Morgan fingerprint density at radius 1 is 1.75 bits per heavy atom. The largest absolute Gasteiger partial charge is 0.0746 e. The minimum absolute atomic E-state index is 0.299. The van der Waals surface area contributed by atoms with Gasteiger partial charge in [-0.1, -0.05) is 19.5 Å². The molecule has 0 nitrogen and oxygen atoms in total. The molecule has 1 heteroatoms. The van der Waals surface area contributed by atoms with Gasteiger partial charge in [0.15, 0.2) is 0 Å². The molecule has 1 radical (unpaired) electrons. The summed E-state index contributed by atoms with van der Waals surface area (Å²) in [4.78, 5) is 0. The average Bonchev–Trinajstić information content (AvgIpc) is 1.37. The molecular weight excluding hydrogens is 64.1 g/mol. The minimum Gasteiger partial charge on any atom is -0.0746 e. The number of hydrogen-bond acceptors (Lipinski definition) is 0. The van der Waals surface area contributed by atoms with Gasteiger partial charge in [0.1, 0.15) is 0 Å².